The summed E-state index contributed by atoms with van der Waals surface area (Å²) in [6.45, 7) is 1.32. The summed E-state index contributed by atoms with van der Waals surface area (Å²) in [5.41, 5.74) is 3.45. The number of alkyl halides is 2. The van der Waals surface area contributed by atoms with Gasteiger partial charge in [-0.05, 0) is 36.2 Å². The predicted molar refractivity (Wildman–Crippen MR) is 117 cm³/mol. The van der Waals surface area contributed by atoms with Crippen LogP contribution in [0.1, 0.15) is 6.42 Å². The van der Waals surface area contributed by atoms with Gasteiger partial charge in [0.25, 0.3) is 5.92 Å². The molecule has 2 saturated heterocycles. The number of nitrogens with zero attached hydrogens (tertiary/aromatic N) is 6. The third kappa shape index (κ3) is 3.47. The van der Waals surface area contributed by atoms with Gasteiger partial charge in [0.1, 0.15) is 5.52 Å². The summed E-state index contributed by atoms with van der Waals surface area (Å²) in [5.74, 6) is -2.49. The first-order valence-corrected chi connectivity index (χ1v) is 10.8. The van der Waals surface area contributed by atoms with Crippen molar-refractivity contribution < 1.29 is 18.3 Å². The van der Waals surface area contributed by atoms with E-state index in [2.05, 4.69) is 20.5 Å². The number of aromatic nitrogens is 5. The number of methoxy groups -OCH3 is 1. The molecule has 0 bridgehead atoms. The highest BCUT2D eigenvalue weighted by atomic mass is 19.3. The molecule has 0 spiro atoms. The Balaban J connectivity index is 1.30. The van der Waals surface area contributed by atoms with Crippen LogP contribution in [0.2, 0.25) is 0 Å². The topological polar surface area (TPSA) is 81.2 Å². The molecule has 11 heteroatoms. The van der Waals surface area contributed by atoms with Gasteiger partial charge in [-0.2, -0.15) is 10.1 Å². The monoisotopic (exact) mass is 455 g/mol. The van der Waals surface area contributed by atoms with Gasteiger partial charge in [0.2, 0.25) is 11.8 Å². The second-order valence-corrected chi connectivity index (χ2v) is 8.49. The normalized spacial score (nSPS) is 21.4. The first kappa shape index (κ1) is 20.3. The van der Waals surface area contributed by atoms with Crippen molar-refractivity contribution in [2.24, 2.45) is 0 Å². The van der Waals surface area contributed by atoms with Crippen molar-refractivity contribution in [3.8, 4) is 17.0 Å². The molecule has 172 valence electrons. The minimum absolute atomic E-state index is 0.0876. The van der Waals surface area contributed by atoms with E-state index in [9.17, 15) is 8.78 Å². The summed E-state index contributed by atoms with van der Waals surface area (Å²) in [5, 5.41) is 11.5. The summed E-state index contributed by atoms with van der Waals surface area (Å²) >= 11 is 0. The van der Waals surface area contributed by atoms with E-state index in [4.69, 9.17) is 9.47 Å². The largest absolute Gasteiger partial charge is 0.479 e. The van der Waals surface area contributed by atoms with E-state index in [1.165, 1.54) is 7.11 Å². The molecule has 2 fully saturated rings. The lowest BCUT2D eigenvalue weighted by Crippen LogP contribution is -2.61. The molecule has 33 heavy (non-hydrogen) atoms. The van der Waals surface area contributed by atoms with Crippen LogP contribution in [-0.2, 0) is 4.74 Å². The minimum atomic E-state index is -2.91. The number of rotatable bonds is 5. The summed E-state index contributed by atoms with van der Waals surface area (Å²) in [6.07, 6.45) is 5.67. The zero-order chi connectivity index (χ0) is 22.6. The number of ether oxygens (including phenoxy) is 2. The Bertz CT molecular complexity index is 1320. The van der Waals surface area contributed by atoms with Crippen molar-refractivity contribution in [3.05, 3.63) is 42.9 Å². The van der Waals surface area contributed by atoms with E-state index in [0.717, 1.165) is 16.6 Å². The number of halogens is 2. The lowest BCUT2D eigenvalue weighted by molar-refractivity contribution is -0.131. The van der Waals surface area contributed by atoms with Gasteiger partial charge >= 0.3 is 0 Å². The quantitative estimate of drug-likeness (QED) is 0.495. The summed E-state index contributed by atoms with van der Waals surface area (Å²) in [7, 11) is 1.51. The number of anilines is 1. The fourth-order valence-electron chi connectivity index (χ4n) is 4.56. The van der Waals surface area contributed by atoms with Crippen LogP contribution in [-0.4, -0.2) is 80.5 Å². The molecule has 0 saturated carbocycles. The molecule has 0 aromatic carbocycles. The average Bonchev–Trinajstić information content (AvgIpc) is 3.39. The van der Waals surface area contributed by atoms with Crippen molar-refractivity contribution >= 4 is 17.0 Å². The maximum atomic E-state index is 14.9. The number of piperidine rings is 1. The van der Waals surface area contributed by atoms with Gasteiger partial charge in [0.15, 0.2) is 0 Å². The predicted octanol–water partition coefficient (Wildman–Crippen LogP) is 2.57. The van der Waals surface area contributed by atoms with E-state index in [1.54, 1.807) is 21.4 Å². The second-order valence-electron chi connectivity index (χ2n) is 8.49. The summed E-state index contributed by atoms with van der Waals surface area (Å²) < 4.78 is 43.9. The number of fused-ring (bicyclic) bond motifs is 2. The van der Waals surface area contributed by atoms with E-state index in [-0.39, 0.29) is 25.0 Å². The van der Waals surface area contributed by atoms with Crippen molar-refractivity contribution in [2.75, 3.05) is 38.7 Å². The summed E-state index contributed by atoms with van der Waals surface area (Å²) in [6, 6.07) is 6.81. The van der Waals surface area contributed by atoms with Crippen molar-refractivity contribution in [1.29, 1.82) is 0 Å². The van der Waals surface area contributed by atoms with E-state index < -0.39 is 12.0 Å². The van der Waals surface area contributed by atoms with Crippen LogP contribution in [0.15, 0.2) is 42.9 Å². The molecule has 4 aromatic rings. The lowest BCUT2D eigenvalue weighted by Gasteiger charge is -2.44. The van der Waals surface area contributed by atoms with E-state index >= 15 is 0 Å². The van der Waals surface area contributed by atoms with Gasteiger partial charge in [0, 0.05) is 30.7 Å². The highest BCUT2D eigenvalue weighted by molar-refractivity contribution is 5.85. The lowest BCUT2D eigenvalue weighted by atomic mass is 9.98. The molecular weight excluding hydrogens is 432 g/mol. The molecule has 6 rings (SSSR count). The molecule has 4 aromatic heterocycles. The number of nitrogens with one attached hydrogen (secondary N) is 1. The van der Waals surface area contributed by atoms with Gasteiger partial charge in [0.05, 0.1) is 44.5 Å². The van der Waals surface area contributed by atoms with Crippen molar-refractivity contribution in [3.63, 3.8) is 0 Å². The number of hydrogen-bond donors (Lipinski definition) is 1. The first-order chi connectivity index (χ1) is 16.0. The Labute approximate surface area is 187 Å². The number of likely N-dealkylation sites (tertiary alicyclic amines) is 1. The SMILES string of the molecule is COc1nc(NC2CCN(C3COC3)CC2(F)F)nn2ccc(-c3ccn4nccc4c3)c12. The van der Waals surface area contributed by atoms with Gasteiger partial charge < -0.3 is 14.8 Å². The Kier molecular flexibility index (Phi) is 4.70. The zero-order valence-corrected chi connectivity index (χ0v) is 18.0. The van der Waals surface area contributed by atoms with E-state index in [0.29, 0.717) is 31.2 Å². The smallest absolute Gasteiger partial charge is 0.280 e. The van der Waals surface area contributed by atoms with Crippen molar-refractivity contribution in [1.82, 2.24) is 29.1 Å². The Morgan fingerprint density at radius 3 is 2.79 bits per heavy atom. The zero-order valence-electron chi connectivity index (χ0n) is 18.0. The molecule has 2 aliphatic rings. The Morgan fingerprint density at radius 1 is 1.18 bits per heavy atom. The fourth-order valence-corrected chi connectivity index (χ4v) is 4.56. The van der Waals surface area contributed by atoms with Crippen LogP contribution in [0.3, 0.4) is 0 Å². The molecule has 0 aliphatic carbocycles. The summed E-state index contributed by atoms with van der Waals surface area (Å²) in [4.78, 5) is 6.23. The highest BCUT2D eigenvalue weighted by Gasteiger charge is 2.47. The van der Waals surface area contributed by atoms with Gasteiger partial charge in [-0.25, -0.2) is 17.8 Å². The molecule has 2 aliphatic heterocycles. The molecule has 0 amide bonds. The van der Waals surface area contributed by atoms with Gasteiger partial charge in [-0.3, -0.25) is 4.90 Å². The first-order valence-electron chi connectivity index (χ1n) is 10.8. The maximum Gasteiger partial charge on any atom is 0.280 e. The molecular formula is C22H23F2N7O2. The van der Waals surface area contributed by atoms with Crippen molar-refractivity contribution in [2.45, 2.75) is 24.4 Å². The number of hydrogen-bond acceptors (Lipinski definition) is 7. The van der Waals surface area contributed by atoms with Crippen LogP contribution >= 0.6 is 0 Å². The van der Waals surface area contributed by atoms with E-state index in [1.807, 2.05) is 35.4 Å². The van der Waals surface area contributed by atoms with Crippen LogP contribution < -0.4 is 10.1 Å². The van der Waals surface area contributed by atoms with Gasteiger partial charge in [-0.1, -0.05) is 0 Å². The molecule has 9 nitrogen and oxygen atoms in total. The third-order valence-corrected chi connectivity index (χ3v) is 6.45. The molecule has 1 N–H and O–H groups in total. The molecule has 1 atom stereocenters. The fraction of sp³-hybridized carbons (Fsp3) is 0.409. The second kappa shape index (κ2) is 7.63. The highest BCUT2D eigenvalue weighted by Crippen LogP contribution is 2.34. The average molecular weight is 455 g/mol. The standard InChI is InChI=1S/C22H23F2N7O2/c1-32-20-19-17(14-3-8-30-15(10-14)2-6-25-30)4-9-31(19)28-21(27-20)26-18-5-7-29(13-22(18,23)24)16-11-33-12-16/h2-4,6,8-10,16,18H,5,7,11-13H2,1H3,(H,26,28). The third-order valence-electron chi connectivity index (χ3n) is 6.45. The Hall–Kier alpha value is -3.31. The Morgan fingerprint density at radius 2 is 2.03 bits per heavy atom. The number of pyridine rings is 1. The van der Waals surface area contributed by atoms with Gasteiger partial charge in [-0.15, -0.1) is 5.10 Å². The minimum Gasteiger partial charge on any atom is -0.479 e. The van der Waals surface area contributed by atoms with Crippen LogP contribution in [0, 0.1) is 0 Å². The molecule has 6 heterocycles. The van der Waals surface area contributed by atoms with Crippen LogP contribution in [0.4, 0.5) is 14.7 Å². The maximum absolute atomic E-state index is 14.9. The molecule has 0 radical (unpaired) electrons. The van der Waals surface area contributed by atoms with Crippen LogP contribution in [0.5, 0.6) is 5.88 Å². The van der Waals surface area contributed by atoms with Crippen LogP contribution in [0.25, 0.3) is 22.2 Å². The molecule has 1 unspecified atom stereocenters.